The molecule has 0 spiro atoms. The van der Waals surface area contributed by atoms with E-state index in [1.807, 2.05) is 19.2 Å². The minimum atomic E-state index is 0.448. The highest BCUT2D eigenvalue weighted by molar-refractivity contribution is 9.10. The normalized spacial score (nSPS) is 12.4. The molecule has 0 saturated carbocycles. The van der Waals surface area contributed by atoms with Gasteiger partial charge in [0.25, 0.3) is 0 Å². The molecule has 0 radical (unpaired) electrons. The Bertz CT molecular complexity index is 358. The van der Waals surface area contributed by atoms with Gasteiger partial charge in [0.15, 0.2) is 0 Å². The number of rotatable bonds is 8. The summed E-state index contributed by atoms with van der Waals surface area (Å²) in [6.07, 6.45) is 3.13. The van der Waals surface area contributed by atoms with Crippen LogP contribution >= 0.6 is 15.9 Å². The SMILES string of the molecule is CNC(CCCOC)Cc1cc(Br)ccc1OC. The van der Waals surface area contributed by atoms with Crippen molar-refractivity contribution < 1.29 is 9.47 Å². The Balaban J connectivity index is 2.65. The second-order valence-corrected chi connectivity index (χ2v) is 5.20. The van der Waals surface area contributed by atoms with Crippen LogP contribution in [0.25, 0.3) is 0 Å². The smallest absolute Gasteiger partial charge is 0.122 e. The molecule has 3 nitrogen and oxygen atoms in total. The zero-order chi connectivity index (χ0) is 13.4. The molecule has 1 unspecified atom stereocenters. The highest BCUT2D eigenvalue weighted by Crippen LogP contribution is 2.24. The maximum absolute atomic E-state index is 5.40. The van der Waals surface area contributed by atoms with Crippen LogP contribution in [0.4, 0.5) is 0 Å². The highest BCUT2D eigenvalue weighted by Gasteiger charge is 2.11. The molecule has 18 heavy (non-hydrogen) atoms. The number of likely N-dealkylation sites (N-methyl/N-ethyl adjacent to an activating group) is 1. The monoisotopic (exact) mass is 315 g/mol. The van der Waals surface area contributed by atoms with Crippen molar-refractivity contribution in [3.63, 3.8) is 0 Å². The minimum absolute atomic E-state index is 0.448. The topological polar surface area (TPSA) is 30.5 Å². The van der Waals surface area contributed by atoms with Gasteiger partial charge in [-0.25, -0.2) is 0 Å². The van der Waals surface area contributed by atoms with Gasteiger partial charge in [-0.1, -0.05) is 15.9 Å². The first-order valence-corrected chi connectivity index (χ1v) is 6.99. The third-order valence-electron chi connectivity index (χ3n) is 3.02. The van der Waals surface area contributed by atoms with Crippen molar-refractivity contribution in [2.45, 2.75) is 25.3 Å². The first-order chi connectivity index (χ1) is 8.71. The molecular weight excluding hydrogens is 294 g/mol. The Morgan fingerprint density at radius 2 is 2.11 bits per heavy atom. The summed E-state index contributed by atoms with van der Waals surface area (Å²) in [5.41, 5.74) is 1.23. The standard InChI is InChI=1S/C14H22BrNO2/c1-16-13(5-4-8-17-2)10-11-9-12(15)6-7-14(11)18-3/h6-7,9,13,16H,4-5,8,10H2,1-3H3. The zero-order valence-corrected chi connectivity index (χ0v) is 12.9. The molecule has 1 N–H and O–H groups in total. The number of nitrogens with one attached hydrogen (secondary N) is 1. The Kier molecular flexibility index (Phi) is 7.32. The van der Waals surface area contributed by atoms with Crippen molar-refractivity contribution in [1.82, 2.24) is 5.32 Å². The van der Waals surface area contributed by atoms with Gasteiger partial charge in [0.1, 0.15) is 5.75 Å². The van der Waals surface area contributed by atoms with Crippen LogP contribution in [0.5, 0.6) is 5.75 Å². The van der Waals surface area contributed by atoms with E-state index in [1.165, 1.54) is 5.56 Å². The van der Waals surface area contributed by atoms with Crippen molar-refractivity contribution in [1.29, 1.82) is 0 Å². The Morgan fingerprint density at radius 1 is 1.33 bits per heavy atom. The first kappa shape index (κ1) is 15.5. The lowest BCUT2D eigenvalue weighted by atomic mass is 10.0. The van der Waals surface area contributed by atoms with Gasteiger partial charge >= 0.3 is 0 Å². The molecule has 1 aromatic carbocycles. The third-order valence-corrected chi connectivity index (χ3v) is 3.51. The summed E-state index contributed by atoms with van der Waals surface area (Å²) >= 11 is 3.51. The second kappa shape index (κ2) is 8.51. The molecule has 1 atom stereocenters. The van der Waals surface area contributed by atoms with E-state index in [2.05, 4.69) is 27.3 Å². The summed E-state index contributed by atoms with van der Waals surface area (Å²) in [4.78, 5) is 0. The predicted octanol–water partition coefficient (Wildman–Crippen LogP) is 3.01. The van der Waals surface area contributed by atoms with Crippen LogP contribution in [0, 0.1) is 0 Å². The first-order valence-electron chi connectivity index (χ1n) is 6.20. The number of ether oxygens (including phenoxy) is 2. The van der Waals surface area contributed by atoms with Crippen molar-refractivity contribution in [3.05, 3.63) is 28.2 Å². The second-order valence-electron chi connectivity index (χ2n) is 4.28. The van der Waals surface area contributed by atoms with E-state index >= 15 is 0 Å². The molecule has 4 heteroatoms. The highest BCUT2D eigenvalue weighted by atomic mass is 79.9. The van der Waals surface area contributed by atoms with Crippen LogP contribution in [0.1, 0.15) is 18.4 Å². The molecule has 0 amide bonds. The number of hydrogen-bond donors (Lipinski definition) is 1. The summed E-state index contributed by atoms with van der Waals surface area (Å²) < 4.78 is 11.6. The molecule has 0 saturated heterocycles. The van der Waals surface area contributed by atoms with E-state index < -0.39 is 0 Å². The van der Waals surface area contributed by atoms with Crippen LogP contribution in [0.3, 0.4) is 0 Å². The molecule has 1 aromatic rings. The molecule has 0 fully saturated rings. The van der Waals surface area contributed by atoms with Crippen molar-refractivity contribution >= 4 is 15.9 Å². The minimum Gasteiger partial charge on any atom is -0.496 e. The van der Waals surface area contributed by atoms with Gasteiger partial charge in [-0.2, -0.15) is 0 Å². The van der Waals surface area contributed by atoms with Crippen LogP contribution in [-0.4, -0.2) is 33.9 Å². The molecule has 0 aromatic heterocycles. The van der Waals surface area contributed by atoms with Crippen LogP contribution in [0.2, 0.25) is 0 Å². The van der Waals surface area contributed by atoms with Gasteiger partial charge in [-0.15, -0.1) is 0 Å². The quantitative estimate of drug-likeness (QED) is 0.748. The van der Waals surface area contributed by atoms with Gasteiger partial charge in [-0.05, 0) is 50.1 Å². The van der Waals surface area contributed by atoms with Gasteiger partial charge in [-0.3, -0.25) is 0 Å². The average molecular weight is 316 g/mol. The van der Waals surface area contributed by atoms with E-state index in [0.717, 1.165) is 36.1 Å². The lowest BCUT2D eigenvalue weighted by Gasteiger charge is -2.18. The van der Waals surface area contributed by atoms with Crippen LogP contribution in [0.15, 0.2) is 22.7 Å². The molecule has 1 rings (SSSR count). The van der Waals surface area contributed by atoms with Gasteiger partial charge < -0.3 is 14.8 Å². The summed E-state index contributed by atoms with van der Waals surface area (Å²) in [5, 5.41) is 3.35. The fraction of sp³-hybridized carbons (Fsp3) is 0.571. The van der Waals surface area contributed by atoms with Crippen molar-refractivity contribution in [2.24, 2.45) is 0 Å². The summed E-state index contributed by atoms with van der Waals surface area (Å²) in [7, 11) is 5.46. The predicted molar refractivity (Wildman–Crippen MR) is 78.4 cm³/mol. The Morgan fingerprint density at radius 3 is 2.72 bits per heavy atom. The zero-order valence-electron chi connectivity index (χ0n) is 11.3. The summed E-state index contributed by atoms with van der Waals surface area (Å²) in [6.45, 7) is 0.813. The van der Waals surface area contributed by atoms with Gasteiger partial charge in [0.2, 0.25) is 0 Å². The Labute approximate surface area is 118 Å². The Hall–Kier alpha value is -0.580. The third kappa shape index (κ3) is 4.96. The number of methoxy groups -OCH3 is 2. The number of benzene rings is 1. The van der Waals surface area contributed by atoms with E-state index in [4.69, 9.17) is 9.47 Å². The molecule has 0 bridgehead atoms. The van der Waals surface area contributed by atoms with Crippen molar-refractivity contribution in [3.8, 4) is 5.75 Å². The lowest BCUT2D eigenvalue weighted by molar-refractivity contribution is 0.189. The van der Waals surface area contributed by atoms with E-state index in [0.29, 0.717) is 6.04 Å². The summed E-state index contributed by atoms with van der Waals surface area (Å²) in [5.74, 6) is 0.949. The van der Waals surface area contributed by atoms with Gasteiger partial charge in [0.05, 0.1) is 7.11 Å². The van der Waals surface area contributed by atoms with Crippen molar-refractivity contribution in [2.75, 3.05) is 27.9 Å². The maximum Gasteiger partial charge on any atom is 0.122 e. The fourth-order valence-corrected chi connectivity index (χ4v) is 2.40. The molecule has 0 aliphatic carbocycles. The van der Waals surface area contributed by atoms with Crippen LogP contribution < -0.4 is 10.1 Å². The molecule has 0 heterocycles. The summed E-state index contributed by atoms with van der Waals surface area (Å²) in [6, 6.07) is 6.57. The lowest BCUT2D eigenvalue weighted by Crippen LogP contribution is -2.28. The van der Waals surface area contributed by atoms with E-state index in [9.17, 15) is 0 Å². The van der Waals surface area contributed by atoms with Gasteiger partial charge in [0, 0.05) is 24.2 Å². The molecule has 0 aliphatic rings. The molecule has 102 valence electrons. The van der Waals surface area contributed by atoms with E-state index in [-0.39, 0.29) is 0 Å². The van der Waals surface area contributed by atoms with Crippen LogP contribution in [-0.2, 0) is 11.2 Å². The average Bonchev–Trinajstić information content (AvgIpc) is 2.38. The number of hydrogen-bond acceptors (Lipinski definition) is 3. The molecule has 0 aliphatic heterocycles. The number of halogens is 1. The van der Waals surface area contributed by atoms with E-state index in [1.54, 1.807) is 14.2 Å². The maximum atomic E-state index is 5.40. The largest absolute Gasteiger partial charge is 0.496 e. The fourth-order valence-electron chi connectivity index (χ4n) is 1.99. The molecular formula is C14H22BrNO2.